The first-order chi connectivity index (χ1) is 10.2. The van der Waals surface area contributed by atoms with E-state index in [0.29, 0.717) is 11.7 Å². The largest absolute Gasteiger partial charge is 0.338 e. The van der Waals surface area contributed by atoms with Crippen LogP contribution in [0.2, 0.25) is 0 Å². The summed E-state index contributed by atoms with van der Waals surface area (Å²) in [4.78, 5) is 23.1. The zero-order valence-corrected chi connectivity index (χ0v) is 12.5. The van der Waals surface area contributed by atoms with E-state index in [0.717, 1.165) is 18.5 Å². The standard InChI is InChI=1S/C13H17N5O2S/c1-2-3-7-14-12(20)15-11(19)9-21-13-17-16-10-6-4-5-8-18(10)13/h4-6,8H,2-3,7,9H2,1H3,(H2,14,15,19,20). The molecule has 2 heterocycles. The lowest BCUT2D eigenvalue weighted by molar-refractivity contribution is -0.117. The minimum atomic E-state index is -0.458. The van der Waals surface area contributed by atoms with Gasteiger partial charge in [-0.1, -0.05) is 31.2 Å². The van der Waals surface area contributed by atoms with Crippen LogP contribution in [0.1, 0.15) is 19.8 Å². The number of carbonyl (C=O) groups excluding carboxylic acids is 2. The molecule has 0 radical (unpaired) electrons. The maximum Gasteiger partial charge on any atom is 0.321 e. The lowest BCUT2D eigenvalue weighted by Gasteiger charge is -2.05. The molecule has 2 aromatic heterocycles. The molecule has 3 amide bonds. The summed E-state index contributed by atoms with van der Waals surface area (Å²) in [5.74, 6) is -0.252. The van der Waals surface area contributed by atoms with Crippen molar-refractivity contribution < 1.29 is 9.59 Å². The number of carbonyl (C=O) groups is 2. The third-order valence-electron chi connectivity index (χ3n) is 2.68. The Morgan fingerprint density at radius 1 is 1.33 bits per heavy atom. The van der Waals surface area contributed by atoms with Crippen molar-refractivity contribution in [3.8, 4) is 0 Å². The van der Waals surface area contributed by atoms with Crippen LogP contribution < -0.4 is 10.6 Å². The quantitative estimate of drug-likeness (QED) is 0.623. The maximum atomic E-state index is 11.7. The lowest BCUT2D eigenvalue weighted by atomic mass is 10.3. The lowest BCUT2D eigenvalue weighted by Crippen LogP contribution is -2.40. The molecule has 0 bridgehead atoms. The van der Waals surface area contributed by atoms with Crippen LogP contribution in [0.15, 0.2) is 29.6 Å². The van der Waals surface area contributed by atoms with Gasteiger partial charge in [0.05, 0.1) is 5.75 Å². The predicted molar refractivity (Wildman–Crippen MR) is 80.2 cm³/mol. The molecule has 2 rings (SSSR count). The number of hydrogen-bond acceptors (Lipinski definition) is 5. The van der Waals surface area contributed by atoms with Crippen molar-refractivity contribution in [2.24, 2.45) is 0 Å². The van der Waals surface area contributed by atoms with Crippen LogP contribution in [0.5, 0.6) is 0 Å². The molecule has 0 atom stereocenters. The summed E-state index contributed by atoms with van der Waals surface area (Å²) >= 11 is 1.23. The fourth-order valence-electron chi connectivity index (χ4n) is 1.63. The number of nitrogens with zero attached hydrogens (tertiary/aromatic N) is 3. The van der Waals surface area contributed by atoms with E-state index < -0.39 is 6.03 Å². The van der Waals surface area contributed by atoms with Gasteiger partial charge in [-0.25, -0.2) is 4.79 Å². The van der Waals surface area contributed by atoms with Crippen molar-refractivity contribution in [1.82, 2.24) is 25.2 Å². The molecule has 112 valence electrons. The summed E-state index contributed by atoms with van der Waals surface area (Å²) < 4.78 is 1.79. The number of imide groups is 1. The minimum Gasteiger partial charge on any atom is -0.338 e. The molecule has 0 saturated heterocycles. The summed E-state index contributed by atoms with van der Waals surface area (Å²) in [5.41, 5.74) is 0.720. The molecule has 0 aromatic carbocycles. The molecule has 0 fully saturated rings. The Hall–Kier alpha value is -2.09. The van der Waals surface area contributed by atoms with E-state index in [9.17, 15) is 9.59 Å². The molecule has 2 N–H and O–H groups in total. The molecule has 0 spiro atoms. The molecule has 0 saturated carbocycles. The van der Waals surface area contributed by atoms with Gasteiger partial charge in [0.2, 0.25) is 5.91 Å². The van der Waals surface area contributed by atoms with Gasteiger partial charge in [0.25, 0.3) is 0 Å². The highest BCUT2D eigenvalue weighted by molar-refractivity contribution is 7.99. The van der Waals surface area contributed by atoms with Gasteiger partial charge < -0.3 is 5.32 Å². The number of thioether (sulfide) groups is 1. The second-order valence-corrected chi connectivity index (χ2v) is 5.30. The molecule has 7 nitrogen and oxygen atoms in total. The number of unbranched alkanes of at least 4 members (excludes halogenated alkanes) is 1. The third-order valence-corrected chi connectivity index (χ3v) is 3.63. The van der Waals surface area contributed by atoms with Gasteiger partial charge in [-0.3, -0.25) is 14.5 Å². The summed E-state index contributed by atoms with van der Waals surface area (Å²) in [6, 6.07) is 5.10. The number of rotatable bonds is 6. The monoisotopic (exact) mass is 307 g/mol. The first-order valence-electron chi connectivity index (χ1n) is 6.71. The van der Waals surface area contributed by atoms with E-state index >= 15 is 0 Å². The third kappa shape index (κ3) is 4.45. The van der Waals surface area contributed by atoms with Crippen LogP contribution in [0.3, 0.4) is 0 Å². The summed E-state index contributed by atoms with van der Waals surface area (Å²) in [6.07, 6.45) is 3.71. The predicted octanol–water partition coefficient (Wildman–Crippen LogP) is 1.45. The average molecular weight is 307 g/mol. The Labute approximate surface area is 126 Å². The molecule has 8 heteroatoms. The number of hydrogen-bond donors (Lipinski definition) is 2. The van der Waals surface area contributed by atoms with E-state index in [1.165, 1.54) is 11.8 Å². The van der Waals surface area contributed by atoms with Gasteiger partial charge in [0.15, 0.2) is 10.8 Å². The van der Waals surface area contributed by atoms with Gasteiger partial charge in [0.1, 0.15) is 0 Å². The van der Waals surface area contributed by atoms with Crippen molar-refractivity contribution in [3.05, 3.63) is 24.4 Å². The fourth-order valence-corrected chi connectivity index (χ4v) is 2.36. The van der Waals surface area contributed by atoms with Crippen molar-refractivity contribution >= 4 is 29.3 Å². The van der Waals surface area contributed by atoms with E-state index in [-0.39, 0.29) is 11.7 Å². The molecule has 2 aromatic rings. The smallest absolute Gasteiger partial charge is 0.321 e. The van der Waals surface area contributed by atoms with Gasteiger partial charge in [-0.05, 0) is 18.6 Å². The Kier molecular flexibility index (Phi) is 5.56. The molecular weight excluding hydrogens is 290 g/mol. The highest BCUT2D eigenvalue weighted by Crippen LogP contribution is 2.15. The van der Waals surface area contributed by atoms with E-state index in [1.807, 2.05) is 31.3 Å². The number of nitrogens with one attached hydrogen (secondary N) is 2. The van der Waals surface area contributed by atoms with Crippen molar-refractivity contribution in [2.75, 3.05) is 12.3 Å². The molecule has 21 heavy (non-hydrogen) atoms. The number of pyridine rings is 1. The molecule has 0 aliphatic rings. The number of amides is 3. The molecule has 0 aliphatic heterocycles. The second kappa shape index (κ2) is 7.63. The van der Waals surface area contributed by atoms with Crippen LogP contribution in [0.25, 0.3) is 5.65 Å². The number of aromatic nitrogens is 3. The van der Waals surface area contributed by atoms with Crippen molar-refractivity contribution in [3.63, 3.8) is 0 Å². The summed E-state index contributed by atoms with van der Waals surface area (Å²) in [5, 5.41) is 13.5. The Morgan fingerprint density at radius 2 is 2.19 bits per heavy atom. The molecular formula is C13H17N5O2S. The zero-order chi connectivity index (χ0) is 15.1. The summed E-state index contributed by atoms with van der Waals surface area (Å²) in [7, 11) is 0. The SMILES string of the molecule is CCCCNC(=O)NC(=O)CSc1nnc2ccccn12. The van der Waals surface area contributed by atoms with Gasteiger partial charge in [-0.2, -0.15) is 0 Å². The van der Waals surface area contributed by atoms with Crippen LogP contribution in [0, 0.1) is 0 Å². The topological polar surface area (TPSA) is 88.4 Å². The average Bonchev–Trinajstić information content (AvgIpc) is 2.88. The van der Waals surface area contributed by atoms with E-state index in [4.69, 9.17) is 0 Å². The minimum absolute atomic E-state index is 0.108. The maximum absolute atomic E-state index is 11.7. The van der Waals surface area contributed by atoms with Gasteiger partial charge in [0, 0.05) is 12.7 Å². The van der Waals surface area contributed by atoms with E-state index in [1.54, 1.807) is 4.40 Å². The molecule has 0 unspecified atom stereocenters. The fraction of sp³-hybridized carbons (Fsp3) is 0.385. The Balaban J connectivity index is 1.80. The van der Waals surface area contributed by atoms with Gasteiger partial charge >= 0.3 is 6.03 Å². The van der Waals surface area contributed by atoms with Crippen LogP contribution in [-0.4, -0.2) is 38.8 Å². The van der Waals surface area contributed by atoms with E-state index in [2.05, 4.69) is 20.8 Å². The first kappa shape index (κ1) is 15.3. The Bertz CT molecular complexity index is 628. The normalized spacial score (nSPS) is 10.5. The second-order valence-electron chi connectivity index (χ2n) is 4.36. The van der Waals surface area contributed by atoms with Crippen LogP contribution in [-0.2, 0) is 4.79 Å². The highest BCUT2D eigenvalue weighted by atomic mass is 32.2. The van der Waals surface area contributed by atoms with Crippen molar-refractivity contribution in [2.45, 2.75) is 24.9 Å². The Morgan fingerprint density at radius 3 is 3.00 bits per heavy atom. The zero-order valence-electron chi connectivity index (χ0n) is 11.7. The number of urea groups is 1. The van der Waals surface area contributed by atoms with Crippen LogP contribution in [0.4, 0.5) is 4.79 Å². The van der Waals surface area contributed by atoms with Crippen molar-refractivity contribution in [1.29, 1.82) is 0 Å². The van der Waals surface area contributed by atoms with Gasteiger partial charge in [-0.15, -0.1) is 10.2 Å². The number of fused-ring (bicyclic) bond motifs is 1. The molecule has 0 aliphatic carbocycles. The van der Waals surface area contributed by atoms with Crippen LogP contribution >= 0.6 is 11.8 Å². The first-order valence-corrected chi connectivity index (χ1v) is 7.69. The summed E-state index contributed by atoms with van der Waals surface area (Å²) in [6.45, 7) is 2.60. The highest BCUT2D eigenvalue weighted by Gasteiger charge is 2.11.